The fourth-order valence-electron chi connectivity index (χ4n) is 5.25. The molecule has 0 atom stereocenters. The van der Waals surface area contributed by atoms with Crippen molar-refractivity contribution in [2.45, 2.75) is 49.7 Å². The molecule has 0 bridgehead atoms. The average Bonchev–Trinajstić information content (AvgIpc) is 3.04. The number of ether oxygens (including phenoxy) is 2. The summed E-state index contributed by atoms with van der Waals surface area (Å²) in [5.41, 5.74) is 4.53. The maximum absolute atomic E-state index is 11.8. The van der Waals surface area contributed by atoms with E-state index >= 15 is 0 Å². The van der Waals surface area contributed by atoms with Gasteiger partial charge < -0.3 is 9.47 Å². The van der Waals surface area contributed by atoms with Crippen LogP contribution in [0.25, 0.3) is 0 Å². The van der Waals surface area contributed by atoms with Crippen molar-refractivity contribution in [2.75, 3.05) is 32.2 Å². The number of ketones is 2. The van der Waals surface area contributed by atoms with Crippen molar-refractivity contribution in [1.82, 2.24) is 0 Å². The van der Waals surface area contributed by atoms with Gasteiger partial charge in [-0.05, 0) is 72.8 Å². The molecule has 0 spiro atoms. The Bertz CT molecular complexity index is 1190. The Hall–Kier alpha value is -3.25. The van der Waals surface area contributed by atoms with Gasteiger partial charge in [0.2, 0.25) is 0 Å². The lowest BCUT2D eigenvalue weighted by Crippen LogP contribution is -2.26. The summed E-state index contributed by atoms with van der Waals surface area (Å²) >= 11 is 2.00. The smallest absolute Gasteiger partial charge is 0.182 e. The highest BCUT2D eigenvalue weighted by Crippen LogP contribution is 2.48. The SMILES string of the molecule is O=C1C=CC(=O)C(CCCCCCOCCOCCCCSC(c2ccccc2)(c2ccccc2)c2ccccc2)=C1. The van der Waals surface area contributed by atoms with E-state index in [9.17, 15) is 9.59 Å². The minimum Gasteiger partial charge on any atom is -0.379 e. The molecule has 1 aliphatic rings. The fourth-order valence-corrected chi connectivity index (χ4v) is 6.81. The largest absolute Gasteiger partial charge is 0.379 e. The van der Waals surface area contributed by atoms with Crippen molar-refractivity contribution in [3.05, 3.63) is 131 Å². The number of benzene rings is 3. The Balaban J connectivity index is 1.11. The lowest BCUT2D eigenvalue weighted by molar-refractivity contribution is -0.114. The third-order valence-corrected chi connectivity index (χ3v) is 9.06. The number of carbonyl (C=O) groups is 2. The van der Waals surface area contributed by atoms with E-state index in [1.54, 1.807) is 0 Å². The number of hydrogen-bond donors (Lipinski definition) is 0. The Labute approximate surface area is 255 Å². The van der Waals surface area contributed by atoms with Crippen molar-refractivity contribution in [3.8, 4) is 0 Å². The van der Waals surface area contributed by atoms with E-state index < -0.39 is 0 Å². The van der Waals surface area contributed by atoms with Gasteiger partial charge in [0.1, 0.15) is 0 Å². The molecule has 0 aliphatic heterocycles. The molecular formula is C37H42O4S. The first kappa shape index (κ1) is 31.7. The first-order valence-electron chi connectivity index (χ1n) is 15.1. The number of carbonyl (C=O) groups excluding carboxylic acids is 2. The molecule has 0 radical (unpaired) electrons. The van der Waals surface area contributed by atoms with Gasteiger partial charge in [-0.2, -0.15) is 0 Å². The molecule has 0 heterocycles. The molecule has 5 heteroatoms. The van der Waals surface area contributed by atoms with Gasteiger partial charge in [0, 0.05) is 18.8 Å². The van der Waals surface area contributed by atoms with Gasteiger partial charge in [-0.3, -0.25) is 9.59 Å². The van der Waals surface area contributed by atoms with Crippen LogP contribution in [0.2, 0.25) is 0 Å². The molecule has 0 aromatic heterocycles. The molecule has 42 heavy (non-hydrogen) atoms. The standard InChI is InChI=1S/C37H42O4S/c38-35-23-24-36(39)31(30-35)16-6-1-2-13-25-40-27-28-41-26-14-15-29-42-37(32-17-7-3-8-18-32,33-19-9-4-10-20-33)34-21-11-5-12-22-34/h3-5,7-12,17-24,30H,1-2,6,13-16,25-29H2. The van der Waals surface area contributed by atoms with E-state index in [0.717, 1.165) is 57.5 Å². The molecular weight excluding hydrogens is 540 g/mol. The third kappa shape index (κ3) is 9.38. The summed E-state index contributed by atoms with van der Waals surface area (Å²) in [4.78, 5) is 23.2. The van der Waals surface area contributed by atoms with E-state index in [2.05, 4.69) is 91.0 Å². The maximum Gasteiger partial charge on any atom is 0.182 e. The molecule has 1 aliphatic carbocycles. The van der Waals surface area contributed by atoms with Crippen molar-refractivity contribution in [2.24, 2.45) is 0 Å². The number of rotatable bonds is 19. The molecule has 4 rings (SSSR count). The van der Waals surface area contributed by atoms with Gasteiger partial charge in [0.05, 0.1) is 18.0 Å². The van der Waals surface area contributed by atoms with Gasteiger partial charge in [-0.1, -0.05) is 104 Å². The van der Waals surface area contributed by atoms with E-state index in [1.165, 1.54) is 34.9 Å². The first-order valence-corrected chi connectivity index (χ1v) is 16.1. The van der Waals surface area contributed by atoms with Gasteiger partial charge in [-0.15, -0.1) is 11.8 Å². The average molecular weight is 583 g/mol. The number of hydrogen-bond acceptors (Lipinski definition) is 5. The maximum atomic E-state index is 11.8. The summed E-state index contributed by atoms with van der Waals surface area (Å²) in [5, 5.41) is 0. The van der Waals surface area contributed by atoms with E-state index in [1.807, 2.05) is 11.8 Å². The Morgan fingerprint density at radius 3 is 1.60 bits per heavy atom. The van der Waals surface area contributed by atoms with E-state index in [4.69, 9.17) is 9.47 Å². The highest BCUT2D eigenvalue weighted by molar-refractivity contribution is 8.00. The lowest BCUT2D eigenvalue weighted by atomic mass is 9.84. The Kier molecular flexibility index (Phi) is 13.3. The monoisotopic (exact) mass is 582 g/mol. The zero-order valence-electron chi connectivity index (χ0n) is 24.4. The van der Waals surface area contributed by atoms with Crippen LogP contribution in [-0.4, -0.2) is 43.7 Å². The third-order valence-electron chi connectivity index (χ3n) is 7.43. The fraction of sp³-hybridized carbons (Fsp3) is 0.351. The molecule has 0 fully saturated rings. The summed E-state index contributed by atoms with van der Waals surface area (Å²) in [6, 6.07) is 32.5. The van der Waals surface area contributed by atoms with Gasteiger partial charge in [0.25, 0.3) is 0 Å². The van der Waals surface area contributed by atoms with E-state index in [0.29, 0.717) is 25.2 Å². The minimum atomic E-state index is -0.264. The quantitative estimate of drug-likeness (QED) is 0.0812. The Morgan fingerprint density at radius 2 is 1.05 bits per heavy atom. The van der Waals surface area contributed by atoms with Crippen LogP contribution in [0.5, 0.6) is 0 Å². The molecule has 0 N–H and O–H groups in total. The summed E-state index contributed by atoms with van der Waals surface area (Å²) in [6.07, 6.45) is 10.9. The molecule has 0 unspecified atom stereocenters. The summed E-state index contributed by atoms with van der Waals surface area (Å²) in [7, 11) is 0. The summed E-state index contributed by atoms with van der Waals surface area (Å²) in [5.74, 6) is 0.906. The van der Waals surface area contributed by atoms with Crippen LogP contribution in [-0.2, 0) is 23.8 Å². The molecule has 0 saturated carbocycles. The van der Waals surface area contributed by atoms with E-state index in [-0.39, 0.29) is 16.3 Å². The molecule has 3 aromatic carbocycles. The minimum absolute atomic E-state index is 0.0312. The lowest BCUT2D eigenvalue weighted by Gasteiger charge is -2.35. The molecule has 220 valence electrons. The van der Waals surface area contributed by atoms with Crippen LogP contribution >= 0.6 is 11.8 Å². The predicted molar refractivity (Wildman–Crippen MR) is 173 cm³/mol. The highest BCUT2D eigenvalue weighted by Gasteiger charge is 2.36. The summed E-state index contributed by atoms with van der Waals surface area (Å²) in [6.45, 7) is 2.70. The van der Waals surface area contributed by atoms with Crippen LogP contribution < -0.4 is 0 Å². The second-order valence-electron chi connectivity index (χ2n) is 10.5. The van der Waals surface area contributed by atoms with Crippen molar-refractivity contribution >= 4 is 23.3 Å². The summed E-state index contributed by atoms with van der Waals surface area (Å²) < 4.78 is 11.3. The second kappa shape index (κ2) is 17.6. The van der Waals surface area contributed by atoms with Crippen LogP contribution in [0.3, 0.4) is 0 Å². The number of thioether (sulfide) groups is 1. The van der Waals surface area contributed by atoms with Crippen molar-refractivity contribution in [3.63, 3.8) is 0 Å². The molecule has 4 nitrogen and oxygen atoms in total. The Morgan fingerprint density at radius 1 is 0.548 bits per heavy atom. The second-order valence-corrected chi connectivity index (χ2v) is 11.8. The van der Waals surface area contributed by atoms with Gasteiger partial charge in [-0.25, -0.2) is 0 Å². The predicted octanol–water partition coefficient (Wildman–Crippen LogP) is 8.11. The van der Waals surface area contributed by atoms with Crippen LogP contribution in [0.1, 0.15) is 61.6 Å². The van der Waals surface area contributed by atoms with Gasteiger partial charge >= 0.3 is 0 Å². The normalized spacial score (nSPS) is 13.4. The number of unbranched alkanes of at least 4 members (excludes halogenated alkanes) is 4. The van der Waals surface area contributed by atoms with Crippen LogP contribution in [0, 0.1) is 0 Å². The first-order chi connectivity index (χ1) is 20.7. The van der Waals surface area contributed by atoms with Crippen molar-refractivity contribution < 1.29 is 19.1 Å². The highest BCUT2D eigenvalue weighted by atomic mass is 32.2. The van der Waals surface area contributed by atoms with Crippen LogP contribution in [0.15, 0.2) is 115 Å². The zero-order chi connectivity index (χ0) is 29.3. The zero-order valence-corrected chi connectivity index (χ0v) is 25.2. The van der Waals surface area contributed by atoms with Crippen LogP contribution in [0.4, 0.5) is 0 Å². The molecule has 0 saturated heterocycles. The molecule has 3 aromatic rings. The molecule has 0 amide bonds. The number of allylic oxidation sites excluding steroid dienone is 4. The van der Waals surface area contributed by atoms with Gasteiger partial charge in [0.15, 0.2) is 11.6 Å². The van der Waals surface area contributed by atoms with Crippen molar-refractivity contribution in [1.29, 1.82) is 0 Å². The topological polar surface area (TPSA) is 52.6 Å².